The molecule has 0 spiro atoms. The average Bonchev–Trinajstić information content (AvgIpc) is 2.67. The number of rotatable bonds is 6. The Labute approximate surface area is 156 Å². The molecule has 0 saturated heterocycles. The highest BCUT2D eigenvalue weighted by Gasteiger charge is 2.35. The summed E-state index contributed by atoms with van der Waals surface area (Å²) >= 11 is 0. The van der Waals surface area contributed by atoms with Crippen LogP contribution in [0.5, 0.6) is 0 Å². The molecule has 0 fully saturated rings. The molecule has 0 aliphatic carbocycles. The smallest absolute Gasteiger partial charge is 0.274 e. The van der Waals surface area contributed by atoms with E-state index in [1.165, 1.54) is 30.3 Å². The zero-order chi connectivity index (χ0) is 19.4. The molecule has 0 saturated carbocycles. The fraction of sp³-hybridized carbons (Fsp3) is 0.100. The van der Waals surface area contributed by atoms with Gasteiger partial charge in [0.2, 0.25) is 0 Å². The van der Waals surface area contributed by atoms with Crippen molar-refractivity contribution in [2.45, 2.75) is 13.2 Å². The Morgan fingerprint density at radius 2 is 1.37 bits per heavy atom. The molecule has 0 N–H and O–H groups in total. The molecule has 27 heavy (non-hydrogen) atoms. The summed E-state index contributed by atoms with van der Waals surface area (Å²) < 4.78 is 33.0. The average molecular weight is 385 g/mol. The van der Waals surface area contributed by atoms with Crippen LogP contribution in [0.2, 0.25) is 6.55 Å². The first kappa shape index (κ1) is 18.9. The number of hydrogen-bond acceptors (Lipinski definition) is 3. The summed E-state index contributed by atoms with van der Waals surface area (Å²) in [6, 6.07) is 18.3. The molecule has 0 unspecified atom stereocenters. The Bertz CT molecular complexity index is 901. The highest BCUT2D eigenvalue weighted by molar-refractivity contribution is 6.96. The first-order valence-electron chi connectivity index (χ1n) is 8.28. The van der Waals surface area contributed by atoms with Gasteiger partial charge in [-0.3, -0.25) is 10.1 Å². The quantitative estimate of drug-likeness (QED) is 0.369. The Kier molecular flexibility index (Phi) is 5.43. The maximum absolute atomic E-state index is 13.4. The molecule has 3 aromatic carbocycles. The molecule has 0 atom stereocenters. The molecule has 3 aromatic rings. The number of nitrogens with zero attached hydrogens (tertiary/aromatic N) is 1. The van der Waals surface area contributed by atoms with E-state index in [2.05, 4.69) is 0 Å². The van der Waals surface area contributed by atoms with Crippen LogP contribution in [0.4, 0.5) is 14.5 Å². The summed E-state index contributed by atoms with van der Waals surface area (Å²) in [7, 11) is -2.84. The van der Waals surface area contributed by atoms with Gasteiger partial charge in [-0.05, 0) is 47.3 Å². The third-order valence-electron chi connectivity index (χ3n) is 4.49. The van der Waals surface area contributed by atoms with E-state index in [1.807, 2.05) is 6.55 Å². The number of benzene rings is 3. The van der Waals surface area contributed by atoms with Gasteiger partial charge in [0.15, 0.2) is 0 Å². The fourth-order valence-corrected chi connectivity index (χ4v) is 5.62. The Balaban J connectivity index is 1.99. The van der Waals surface area contributed by atoms with Crippen LogP contribution in [0.3, 0.4) is 0 Å². The predicted molar refractivity (Wildman–Crippen MR) is 102 cm³/mol. The van der Waals surface area contributed by atoms with E-state index in [9.17, 15) is 18.9 Å². The summed E-state index contributed by atoms with van der Waals surface area (Å²) in [5.74, 6) is -0.735. The molecule has 0 amide bonds. The zero-order valence-corrected chi connectivity index (χ0v) is 15.6. The van der Waals surface area contributed by atoms with Crippen LogP contribution in [0.15, 0.2) is 72.8 Å². The van der Waals surface area contributed by atoms with Gasteiger partial charge in [0.05, 0.1) is 17.1 Å². The highest BCUT2D eigenvalue weighted by Crippen LogP contribution is 2.20. The lowest BCUT2D eigenvalue weighted by Gasteiger charge is -2.28. The summed E-state index contributed by atoms with van der Waals surface area (Å²) in [5, 5.41) is 12.8. The van der Waals surface area contributed by atoms with Crippen LogP contribution in [0.1, 0.15) is 5.56 Å². The van der Waals surface area contributed by atoms with E-state index >= 15 is 0 Å². The molecule has 0 aromatic heterocycles. The number of para-hydroxylation sites is 1. The maximum atomic E-state index is 13.4. The largest absolute Gasteiger partial charge is 0.404 e. The molecule has 0 aliphatic heterocycles. The Morgan fingerprint density at radius 1 is 0.889 bits per heavy atom. The number of hydrogen-bond donors (Lipinski definition) is 0. The van der Waals surface area contributed by atoms with E-state index in [1.54, 1.807) is 42.5 Å². The molecular formula is C20H17F2NO3Si. The van der Waals surface area contributed by atoms with Crippen molar-refractivity contribution >= 4 is 24.4 Å². The van der Waals surface area contributed by atoms with E-state index in [0.29, 0.717) is 5.56 Å². The summed E-state index contributed by atoms with van der Waals surface area (Å²) in [4.78, 5) is 10.8. The molecule has 7 heteroatoms. The van der Waals surface area contributed by atoms with Crippen molar-refractivity contribution in [1.29, 1.82) is 0 Å². The summed E-state index contributed by atoms with van der Waals surface area (Å²) in [6.07, 6.45) is 0. The molecule has 0 radical (unpaired) electrons. The first-order chi connectivity index (χ1) is 12.9. The number of nitro groups is 1. The van der Waals surface area contributed by atoms with Gasteiger partial charge < -0.3 is 4.43 Å². The van der Waals surface area contributed by atoms with Gasteiger partial charge in [-0.15, -0.1) is 0 Å². The molecule has 4 nitrogen and oxygen atoms in total. The lowest BCUT2D eigenvalue weighted by Crippen LogP contribution is -2.58. The van der Waals surface area contributed by atoms with Gasteiger partial charge in [0, 0.05) is 6.07 Å². The Hall–Kier alpha value is -2.90. The molecule has 3 rings (SSSR count). The predicted octanol–water partition coefficient (Wildman–Crippen LogP) is 3.78. The second kappa shape index (κ2) is 7.77. The normalized spacial score (nSPS) is 11.4. The Morgan fingerprint density at radius 3 is 1.85 bits per heavy atom. The van der Waals surface area contributed by atoms with E-state index in [4.69, 9.17) is 4.43 Å². The van der Waals surface area contributed by atoms with Crippen molar-refractivity contribution in [1.82, 2.24) is 0 Å². The number of nitro benzene ring substituents is 1. The monoisotopic (exact) mass is 385 g/mol. The minimum atomic E-state index is -2.84. The molecule has 0 bridgehead atoms. The van der Waals surface area contributed by atoms with Crippen molar-refractivity contribution < 1.29 is 18.1 Å². The topological polar surface area (TPSA) is 52.4 Å². The number of halogens is 2. The standard InChI is InChI=1S/C20H17F2NO3Si/c1-27(18-10-6-16(21)7-11-18,19-12-8-17(22)9-13-19)26-14-15-4-2-3-5-20(15)23(24)25/h2-13H,14H2,1H3. The van der Waals surface area contributed by atoms with Crippen LogP contribution in [-0.2, 0) is 11.0 Å². The summed E-state index contributed by atoms with van der Waals surface area (Å²) in [5.41, 5.74) is 0.428. The van der Waals surface area contributed by atoms with Crippen molar-refractivity contribution in [3.8, 4) is 0 Å². The van der Waals surface area contributed by atoms with Gasteiger partial charge in [0.1, 0.15) is 11.6 Å². The van der Waals surface area contributed by atoms with E-state index < -0.39 is 13.2 Å². The molecule has 0 heterocycles. The van der Waals surface area contributed by atoms with Crippen LogP contribution >= 0.6 is 0 Å². The van der Waals surface area contributed by atoms with E-state index in [0.717, 1.165) is 10.4 Å². The zero-order valence-electron chi connectivity index (χ0n) is 14.6. The van der Waals surface area contributed by atoms with Crippen molar-refractivity contribution in [3.63, 3.8) is 0 Å². The molecule has 138 valence electrons. The SMILES string of the molecule is C[Si](OCc1ccccc1[N+](=O)[O-])(c1ccc(F)cc1)c1ccc(F)cc1. The van der Waals surface area contributed by atoms with Crippen LogP contribution in [-0.4, -0.2) is 13.2 Å². The van der Waals surface area contributed by atoms with E-state index in [-0.39, 0.29) is 23.9 Å². The van der Waals surface area contributed by atoms with Gasteiger partial charge in [-0.2, -0.15) is 0 Å². The van der Waals surface area contributed by atoms with Gasteiger partial charge in [-0.25, -0.2) is 8.78 Å². The van der Waals surface area contributed by atoms with Crippen LogP contribution in [0.25, 0.3) is 0 Å². The second-order valence-electron chi connectivity index (χ2n) is 6.22. The van der Waals surface area contributed by atoms with Crippen LogP contribution in [0, 0.1) is 21.7 Å². The van der Waals surface area contributed by atoms with Crippen molar-refractivity contribution in [3.05, 3.63) is 100 Å². The van der Waals surface area contributed by atoms with Crippen molar-refractivity contribution in [2.75, 3.05) is 0 Å². The summed E-state index contributed by atoms with van der Waals surface area (Å²) in [6.45, 7) is 1.93. The molecule has 0 aliphatic rings. The van der Waals surface area contributed by atoms with Gasteiger partial charge in [-0.1, -0.05) is 36.4 Å². The third-order valence-corrected chi connectivity index (χ3v) is 8.09. The second-order valence-corrected chi connectivity index (χ2v) is 9.73. The lowest BCUT2D eigenvalue weighted by molar-refractivity contribution is -0.385. The van der Waals surface area contributed by atoms with Gasteiger partial charge in [0.25, 0.3) is 14.0 Å². The van der Waals surface area contributed by atoms with Gasteiger partial charge >= 0.3 is 0 Å². The highest BCUT2D eigenvalue weighted by atomic mass is 28.4. The third kappa shape index (κ3) is 4.10. The first-order valence-corrected chi connectivity index (χ1v) is 10.7. The fourth-order valence-electron chi connectivity index (χ4n) is 2.90. The minimum absolute atomic E-state index is 0.0212. The van der Waals surface area contributed by atoms with Crippen LogP contribution < -0.4 is 10.4 Å². The minimum Gasteiger partial charge on any atom is -0.404 e. The maximum Gasteiger partial charge on any atom is 0.274 e. The lowest BCUT2D eigenvalue weighted by atomic mass is 10.2. The van der Waals surface area contributed by atoms with Crippen molar-refractivity contribution in [2.24, 2.45) is 0 Å². The molecular weight excluding hydrogens is 368 g/mol.